The molecule has 0 radical (unpaired) electrons. The predicted molar refractivity (Wildman–Crippen MR) is 108 cm³/mol. The van der Waals surface area contributed by atoms with Crippen LogP contribution in [0, 0.1) is 13.8 Å². The van der Waals surface area contributed by atoms with Gasteiger partial charge in [0, 0.05) is 29.0 Å². The van der Waals surface area contributed by atoms with Crippen LogP contribution in [0.15, 0.2) is 10.4 Å². The summed E-state index contributed by atoms with van der Waals surface area (Å²) in [5.74, 6) is 0.611. The van der Waals surface area contributed by atoms with E-state index in [2.05, 4.69) is 33.9 Å². The van der Waals surface area contributed by atoms with E-state index in [0.29, 0.717) is 17.8 Å². The summed E-state index contributed by atoms with van der Waals surface area (Å²) in [5.41, 5.74) is 3.19. The fourth-order valence-electron chi connectivity index (χ4n) is 3.91. The summed E-state index contributed by atoms with van der Waals surface area (Å²) >= 11 is 3.06. The molecular weight excluding hydrogens is 364 g/mol. The Kier molecular flexibility index (Phi) is 5.36. The fraction of sp³-hybridized carbons (Fsp3) is 0.632. The second-order valence-electron chi connectivity index (χ2n) is 7.45. The number of carbonyl (C=O) groups is 1. The van der Waals surface area contributed by atoms with Crippen molar-refractivity contribution in [3.8, 4) is 0 Å². The molecule has 0 unspecified atom stereocenters. The van der Waals surface area contributed by atoms with Gasteiger partial charge in [-0.3, -0.25) is 4.79 Å². The summed E-state index contributed by atoms with van der Waals surface area (Å²) in [5, 5.41) is 12.9. The van der Waals surface area contributed by atoms with Crippen LogP contribution in [0.3, 0.4) is 0 Å². The first-order valence-electron chi connectivity index (χ1n) is 9.56. The Bertz CT molecular complexity index is 788. The highest BCUT2D eigenvalue weighted by molar-refractivity contribution is 8.01. The zero-order chi connectivity index (χ0) is 18.1. The van der Waals surface area contributed by atoms with E-state index in [1.807, 2.05) is 6.07 Å². The van der Waals surface area contributed by atoms with Crippen LogP contribution in [0.1, 0.15) is 72.7 Å². The van der Waals surface area contributed by atoms with E-state index in [-0.39, 0.29) is 5.78 Å². The molecule has 26 heavy (non-hydrogen) atoms. The van der Waals surface area contributed by atoms with Crippen LogP contribution in [-0.4, -0.2) is 32.3 Å². The Balaban J connectivity index is 1.34. The van der Waals surface area contributed by atoms with Crippen LogP contribution >= 0.6 is 23.1 Å². The lowest BCUT2D eigenvalue weighted by Gasteiger charge is -2.21. The molecule has 4 rings (SSSR count). The van der Waals surface area contributed by atoms with Crippen molar-refractivity contribution in [2.75, 3.05) is 11.1 Å². The Labute approximate surface area is 163 Å². The molecule has 2 aliphatic rings. The number of ketones is 1. The van der Waals surface area contributed by atoms with Crippen LogP contribution in [0.2, 0.25) is 0 Å². The molecule has 140 valence electrons. The van der Waals surface area contributed by atoms with Gasteiger partial charge in [-0.25, -0.2) is 0 Å². The molecule has 0 aliphatic heterocycles. The van der Waals surface area contributed by atoms with E-state index in [1.54, 1.807) is 11.3 Å². The SMILES string of the molecule is Cc1cc(C(=O)CSc2nnc(NC3CCCCC3)s2)c(C)n1C1CC1. The Hall–Kier alpha value is -1.34. The van der Waals surface area contributed by atoms with Gasteiger partial charge in [0.15, 0.2) is 10.1 Å². The van der Waals surface area contributed by atoms with Gasteiger partial charge in [-0.2, -0.15) is 0 Å². The second kappa shape index (κ2) is 7.72. The minimum atomic E-state index is 0.187. The molecule has 0 aromatic carbocycles. The monoisotopic (exact) mass is 390 g/mol. The maximum absolute atomic E-state index is 12.7. The van der Waals surface area contributed by atoms with Gasteiger partial charge in [0.25, 0.3) is 0 Å². The lowest BCUT2D eigenvalue weighted by atomic mass is 9.96. The zero-order valence-electron chi connectivity index (χ0n) is 15.5. The average molecular weight is 391 g/mol. The van der Waals surface area contributed by atoms with Crippen LogP contribution in [0.4, 0.5) is 5.13 Å². The quantitative estimate of drug-likeness (QED) is 0.532. The molecule has 0 bridgehead atoms. The van der Waals surface area contributed by atoms with Crippen LogP contribution < -0.4 is 5.32 Å². The number of aryl methyl sites for hydroxylation is 1. The van der Waals surface area contributed by atoms with Gasteiger partial charge in [0.1, 0.15) is 0 Å². The number of hydrogen-bond donors (Lipinski definition) is 1. The van der Waals surface area contributed by atoms with Gasteiger partial charge in [-0.15, -0.1) is 10.2 Å². The van der Waals surface area contributed by atoms with E-state index >= 15 is 0 Å². The Morgan fingerprint density at radius 2 is 2.00 bits per heavy atom. The summed E-state index contributed by atoms with van der Waals surface area (Å²) in [4.78, 5) is 12.7. The number of anilines is 1. The number of nitrogens with zero attached hydrogens (tertiary/aromatic N) is 3. The van der Waals surface area contributed by atoms with E-state index in [0.717, 1.165) is 20.7 Å². The van der Waals surface area contributed by atoms with Crippen molar-refractivity contribution in [2.45, 2.75) is 75.2 Å². The first-order chi connectivity index (χ1) is 12.6. The highest BCUT2D eigenvalue weighted by atomic mass is 32.2. The molecule has 2 aliphatic carbocycles. The number of thioether (sulfide) groups is 1. The molecule has 2 saturated carbocycles. The van der Waals surface area contributed by atoms with E-state index < -0.39 is 0 Å². The number of rotatable bonds is 7. The van der Waals surface area contributed by atoms with Crippen LogP contribution in [0.5, 0.6) is 0 Å². The molecule has 0 atom stereocenters. The van der Waals surface area contributed by atoms with Gasteiger partial charge in [-0.1, -0.05) is 42.4 Å². The highest BCUT2D eigenvalue weighted by Gasteiger charge is 2.28. The van der Waals surface area contributed by atoms with Crippen molar-refractivity contribution in [2.24, 2.45) is 0 Å². The number of carbonyl (C=O) groups excluding carboxylic acids is 1. The van der Waals surface area contributed by atoms with Gasteiger partial charge < -0.3 is 9.88 Å². The summed E-state index contributed by atoms with van der Waals surface area (Å²) in [7, 11) is 0. The second-order valence-corrected chi connectivity index (χ2v) is 9.65. The molecular formula is C19H26N4OS2. The normalized spacial score (nSPS) is 18.2. The maximum atomic E-state index is 12.7. The Morgan fingerprint density at radius 3 is 2.73 bits per heavy atom. The topological polar surface area (TPSA) is 59.8 Å². The third-order valence-electron chi connectivity index (χ3n) is 5.36. The van der Waals surface area contributed by atoms with Crippen molar-refractivity contribution in [1.82, 2.24) is 14.8 Å². The number of hydrogen-bond acceptors (Lipinski definition) is 6. The molecule has 0 saturated heterocycles. The molecule has 2 fully saturated rings. The van der Waals surface area contributed by atoms with Crippen molar-refractivity contribution < 1.29 is 4.79 Å². The maximum Gasteiger partial charge on any atom is 0.206 e. The molecule has 0 amide bonds. The van der Waals surface area contributed by atoms with Crippen molar-refractivity contribution in [3.05, 3.63) is 23.0 Å². The molecule has 2 heterocycles. The average Bonchev–Trinajstić information content (AvgIpc) is 3.29. The molecule has 7 heteroatoms. The van der Waals surface area contributed by atoms with Gasteiger partial charge >= 0.3 is 0 Å². The minimum absolute atomic E-state index is 0.187. The predicted octanol–water partition coefficient (Wildman–Crippen LogP) is 5.01. The lowest BCUT2D eigenvalue weighted by molar-refractivity contribution is 0.102. The van der Waals surface area contributed by atoms with Crippen molar-refractivity contribution >= 4 is 34.0 Å². The Morgan fingerprint density at radius 1 is 1.23 bits per heavy atom. The first-order valence-corrected chi connectivity index (χ1v) is 11.4. The largest absolute Gasteiger partial charge is 0.357 e. The standard InChI is InChI=1S/C19H26N4OS2/c1-12-10-16(13(2)23(12)15-8-9-15)17(24)11-25-19-22-21-18(26-19)20-14-6-4-3-5-7-14/h10,14-15H,3-9,11H2,1-2H3,(H,20,21). The third kappa shape index (κ3) is 3.98. The van der Waals surface area contributed by atoms with E-state index in [4.69, 9.17) is 0 Å². The zero-order valence-corrected chi connectivity index (χ0v) is 17.1. The summed E-state index contributed by atoms with van der Waals surface area (Å²) in [6.45, 7) is 4.17. The first kappa shape index (κ1) is 18.0. The summed E-state index contributed by atoms with van der Waals surface area (Å²) < 4.78 is 3.20. The molecule has 0 spiro atoms. The van der Waals surface area contributed by atoms with Crippen LogP contribution in [0.25, 0.3) is 0 Å². The molecule has 2 aromatic heterocycles. The highest BCUT2D eigenvalue weighted by Crippen LogP contribution is 2.38. The van der Waals surface area contributed by atoms with Crippen LogP contribution in [-0.2, 0) is 0 Å². The van der Waals surface area contributed by atoms with E-state index in [1.165, 1.54) is 62.4 Å². The number of aromatic nitrogens is 3. The lowest BCUT2D eigenvalue weighted by Crippen LogP contribution is -2.21. The molecule has 1 N–H and O–H groups in total. The van der Waals surface area contributed by atoms with Gasteiger partial charge in [-0.05, 0) is 45.6 Å². The smallest absolute Gasteiger partial charge is 0.206 e. The molecule has 2 aromatic rings. The molecule has 5 nitrogen and oxygen atoms in total. The summed E-state index contributed by atoms with van der Waals surface area (Å²) in [6.07, 6.45) is 8.85. The van der Waals surface area contributed by atoms with E-state index in [9.17, 15) is 4.79 Å². The number of nitrogens with one attached hydrogen (secondary N) is 1. The fourth-order valence-corrected chi connectivity index (χ4v) is 5.62. The van der Waals surface area contributed by atoms with Crippen molar-refractivity contribution in [1.29, 1.82) is 0 Å². The third-order valence-corrected chi connectivity index (χ3v) is 7.35. The minimum Gasteiger partial charge on any atom is -0.357 e. The number of Topliss-reactive ketones (excluding diaryl/α,β-unsaturated/α-hetero) is 1. The van der Waals surface area contributed by atoms with Gasteiger partial charge in [0.2, 0.25) is 5.13 Å². The van der Waals surface area contributed by atoms with Crippen molar-refractivity contribution in [3.63, 3.8) is 0 Å². The summed E-state index contributed by atoms with van der Waals surface area (Å²) in [6, 6.07) is 3.19. The van der Waals surface area contributed by atoms with Gasteiger partial charge in [0.05, 0.1) is 5.75 Å².